The van der Waals surface area contributed by atoms with E-state index in [0.717, 1.165) is 41.5 Å². The molecule has 25 heavy (non-hydrogen) atoms. The standard InChI is InChI=1S/C21H25BrN2O/c1-3-16-8-4-7-15(2)21(16)23-20(25)14-24-12-6-11-19(24)17-9-5-10-18(22)13-17/h4-5,7-10,13,19H,3,6,11-12,14H2,1-2H3,(H,23,25). The molecule has 1 atom stereocenters. The zero-order valence-electron chi connectivity index (χ0n) is 14.9. The molecule has 132 valence electrons. The Bertz CT molecular complexity index is 759. The highest BCUT2D eigenvalue weighted by atomic mass is 79.9. The molecule has 3 nitrogen and oxygen atoms in total. The molecule has 1 heterocycles. The summed E-state index contributed by atoms with van der Waals surface area (Å²) in [5, 5.41) is 3.15. The van der Waals surface area contributed by atoms with Crippen molar-refractivity contribution in [2.75, 3.05) is 18.4 Å². The molecule has 0 aromatic heterocycles. The van der Waals surface area contributed by atoms with Gasteiger partial charge in [-0.25, -0.2) is 0 Å². The molecule has 0 aliphatic carbocycles. The van der Waals surface area contributed by atoms with Gasteiger partial charge in [0.2, 0.25) is 5.91 Å². The molecule has 4 heteroatoms. The maximum Gasteiger partial charge on any atom is 0.238 e. The molecular formula is C21H25BrN2O. The minimum atomic E-state index is 0.0749. The summed E-state index contributed by atoms with van der Waals surface area (Å²) in [5.74, 6) is 0.0749. The first-order valence-corrected chi connectivity index (χ1v) is 9.75. The van der Waals surface area contributed by atoms with Gasteiger partial charge in [-0.05, 0) is 61.6 Å². The summed E-state index contributed by atoms with van der Waals surface area (Å²) in [6.07, 6.45) is 3.16. The third-order valence-electron chi connectivity index (χ3n) is 4.95. The number of rotatable bonds is 5. The number of aryl methyl sites for hydroxylation is 2. The Hall–Kier alpha value is -1.65. The van der Waals surface area contributed by atoms with E-state index in [1.54, 1.807) is 0 Å². The highest BCUT2D eigenvalue weighted by Crippen LogP contribution is 2.33. The van der Waals surface area contributed by atoms with E-state index in [2.05, 4.69) is 70.3 Å². The summed E-state index contributed by atoms with van der Waals surface area (Å²) >= 11 is 3.55. The number of nitrogens with one attached hydrogen (secondary N) is 1. The maximum atomic E-state index is 12.7. The smallest absolute Gasteiger partial charge is 0.238 e. The Balaban J connectivity index is 1.70. The third kappa shape index (κ3) is 4.31. The van der Waals surface area contributed by atoms with Crippen LogP contribution in [0.5, 0.6) is 0 Å². The molecule has 1 aliphatic heterocycles. The van der Waals surface area contributed by atoms with Gasteiger partial charge in [0.25, 0.3) is 0 Å². The van der Waals surface area contributed by atoms with E-state index >= 15 is 0 Å². The van der Waals surface area contributed by atoms with Gasteiger partial charge in [-0.15, -0.1) is 0 Å². The first-order chi connectivity index (χ1) is 12.1. The number of amides is 1. The summed E-state index contributed by atoms with van der Waals surface area (Å²) in [6.45, 7) is 5.58. The number of nitrogens with zero attached hydrogens (tertiary/aromatic N) is 1. The summed E-state index contributed by atoms with van der Waals surface area (Å²) in [6, 6.07) is 14.9. The second-order valence-corrected chi connectivity index (χ2v) is 7.61. The lowest BCUT2D eigenvalue weighted by Gasteiger charge is -2.25. The van der Waals surface area contributed by atoms with Crippen molar-refractivity contribution in [2.24, 2.45) is 0 Å². The molecule has 2 aromatic carbocycles. The van der Waals surface area contributed by atoms with Crippen LogP contribution in [-0.4, -0.2) is 23.9 Å². The molecule has 0 bridgehead atoms. The largest absolute Gasteiger partial charge is 0.324 e. The summed E-state index contributed by atoms with van der Waals surface area (Å²) in [5.41, 5.74) is 4.58. The average Bonchev–Trinajstić information content (AvgIpc) is 3.04. The van der Waals surface area contributed by atoms with Crippen LogP contribution in [0.2, 0.25) is 0 Å². The minimum absolute atomic E-state index is 0.0749. The zero-order valence-corrected chi connectivity index (χ0v) is 16.5. The van der Waals surface area contributed by atoms with Crippen LogP contribution < -0.4 is 5.32 Å². The first-order valence-electron chi connectivity index (χ1n) is 8.96. The predicted octanol–water partition coefficient (Wildman–Crippen LogP) is 5.10. The van der Waals surface area contributed by atoms with Crippen LogP contribution in [-0.2, 0) is 11.2 Å². The maximum absolute atomic E-state index is 12.7. The minimum Gasteiger partial charge on any atom is -0.324 e. The number of hydrogen-bond acceptors (Lipinski definition) is 2. The molecule has 1 amide bonds. The van der Waals surface area contributed by atoms with Gasteiger partial charge in [0.05, 0.1) is 6.54 Å². The summed E-state index contributed by atoms with van der Waals surface area (Å²) in [4.78, 5) is 15.0. The van der Waals surface area contributed by atoms with Crippen molar-refractivity contribution in [3.05, 3.63) is 63.6 Å². The molecule has 1 N–H and O–H groups in total. The van der Waals surface area contributed by atoms with Crippen LogP contribution in [0.1, 0.15) is 42.5 Å². The Kier molecular flexibility index (Phi) is 5.92. The van der Waals surface area contributed by atoms with Crippen LogP contribution in [0.3, 0.4) is 0 Å². The van der Waals surface area contributed by atoms with Crippen molar-refractivity contribution in [1.82, 2.24) is 4.90 Å². The Morgan fingerprint density at radius 2 is 2.08 bits per heavy atom. The summed E-state index contributed by atoms with van der Waals surface area (Å²) < 4.78 is 1.09. The highest BCUT2D eigenvalue weighted by Gasteiger charge is 2.27. The zero-order chi connectivity index (χ0) is 17.8. The molecule has 1 aliphatic rings. The van der Waals surface area contributed by atoms with Crippen LogP contribution in [0.15, 0.2) is 46.9 Å². The quantitative estimate of drug-likeness (QED) is 0.757. The molecule has 1 fully saturated rings. The van der Waals surface area contributed by atoms with Crippen molar-refractivity contribution in [3.63, 3.8) is 0 Å². The van der Waals surface area contributed by atoms with Gasteiger partial charge in [0, 0.05) is 16.2 Å². The SMILES string of the molecule is CCc1cccc(C)c1NC(=O)CN1CCCC1c1cccc(Br)c1. The highest BCUT2D eigenvalue weighted by molar-refractivity contribution is 9.10. The number of carbonyl (C=O) groups excluding carboxylic acids is 1. The van der Waals surface area contributed by atoms with E-state index in [9.17, 15) is 4.79 Å². The summed E-state index contributed by atoms with van der Waals surface area (Å²) in [7, 11) is 0. The fourth-order valence-corrected chi connectivity index (χ4v) is 4.09. The lowest BCUT2D eigenvalue weighted by Crippen LogP contribution is -2.33. The lowest BCUT2D eigenvalue weighted by atomic mass is 10.0. The van der Waals surface area contributed by atoms with Gasteiger partial charge in [0.15, 0.2) is 0 Å². The Labute approximate surface area is 158 Å². The normalized spacial score (nSPS) is 17.6. The molecule has 3 rings (SSSR count). The molecule has 2 aromatic rings. The molecule has 1 unspecified atom stereocenters. The number of para-hydroxylation sites is 1. The van der Waals surface area contributed by atoms with Gasteiger partial charge in [-0.1, -0.05) is 53.2 Å². The first kappa shape index (κ1) is 18.2. The second-order valence-electron chi connectivity index (χ2n) is 6.69. The fraction of sp³-hybridized carbons (Fsp3) is 0.381. The molecule has 0 radical (unpaired) electrons. The van der Waals surface area contributed by atoms with Crippen LogP contribution >= 0.6 is 15.9 Å². The third-order valence-corrected chi connectivity index (χ3v) is 5.44. The van der Waals surface area contributed by atoms with Crippen molar-refractivity contribution < 1.29 is 4.79 Å². The lowest BCUT2D eigenvalue weighted by molar-refractivity contribution is -0.117. The number of hydrogen-bond donors (Lipinski definition) is 1. The Morgan fingerprint density at radius 3 is 2.84 bits per heavy atom. The fourth-order valence-electron chi connectivity index (χ4n) is 3.67. The van der Waals surface area contributed by atoms with Gasteiger partial charge in [0.1, 0.15) is 0 Å². The van der Waals surface area contributed by atoms with Crippen LogP contribution in [0.25, 0.3) is 0 Å². The average molecular weight is 401 g/mol. The van der Waals surface area contributed by atoms with Crippen molar-refractivity contribution >= 4 is 27.5 Å². The monoisotopic (exact) mass is 400 g/mol. The van der Waals surface area contributed by atoms with Crippen molar-refractivity contribution in [3.8, 4) is 0 Å². The second kappa shape index (κ2) is 8.15. The molecule has 0 spiro atoms. The number of likely N-dealkylation sites (tertiary alicyclic amines) is 1. The van der Waals surface area contributed by atoms with E-state index in [1.165, 1.54) is 11.1 Å². The van der Waals surface area contributed by atoms with Crippen molar-refractivity contribution in [1.29, 1.82) is 0 Å². The van der Waals surface area contributed by atoms with E-state index in [1.807, 2.05) is 12.1 Å². The van der Waals surface area contributed by atoms with E-state index in [0.29, 0.717) is 12.6 Å². The molecule has 1 saturated heterocycles. The number of anilines is 1. The van der Waals surface area contributed by atoms with E-state index in [-0.39, 0.29) is 5.91 Å². The van der Waals surface area contributed by atoms with Gasteiger partial charge in [-0.2, -0.15) is 0 Å². The van der Waals surface area contributed by atoms with Gasteiger partial charge >= 0.3 is 0 Å². The number of benzene rings is 2. The van der Waals surface area contributed by atoms with E-state index < -0.39 is 0 Å². The van der Waals surface area contributed by atoms with Crippen molar-refractivity contribution in [2.45, 2.75) is 39.2 Å². The Morgan fingerprint density at radius 1 is 1.28 bits per heavy atom. The van der Waals surface area contributed by atoms with Gasteiger partial charge in [-0.3, -0.25) is 9.69 Å². The number of carbonyl (C=O) groups is 1. The predicted molar refractivity (Wildman–Crippen MR) is 107 cm³/mol. The van der Waals surface area contributed by atoms with E-state index in [4.69, 9.17) is 0 Å². The number of halogens is 1. The molecular weight excluding hydrogens is 376 g/mol. The van der Waals surface area contributed by atoms with Crippen LogP contribution in [0, 0.1) is 6.92 Å². The van der Waals surface area contributed by atoms with Crippen LogP contribution in [0.4, 0.5) is 5.69 Å². The molecule has 0 saturated carbocycles. The topological polar surface area (TPSA) is 32.3 Å². The van der Waals surface area contributed by atoms with Gasteiger partial charge < -0.3 is 5.32 Å².